The molecule has 30 heavy (non-hydrogen) atoms. The second kappa shape index (κ2) is 8.95. The van der Waals surface area contributed by atoms with Gasteiger partial charge in [0, 0.05) is 32.5 Å². The first-order valence-electron chi connectivity index (χ1n) is 9.98. The molecule has 0 radical (unpaired) electrons. The minimum Gasteiger partial charge on any atom is -0.486 e. The summed E-state index contributed by atoms with van der Waals surface area (Å²) in [7, 11) is 1.77. The molecule has 10 heteroatoms. The minimum absolute atomic E-state index is 0.0210. The highest BCUT2D eigenvalue weighted by Gasteiger charge is 2.30. The summed E-state index contributed by atoms with van der Waals surface area (Å²) in [4.78, 5) is 25.5. The van der Waals surface area contributed by atoms with Gasteiger partial charge in [-0.05, 0) is 30.5 Å². The number of amides is 2. The van der Waals surface area contributed by atoms with Crippen molar-refractivity contribution in [3.05, 3.63) is 29.6 Å². The Morgan fingerprint density at radius 3 is 2.73 bits per heavy atom. The number of ether oxygens (including phenoxy) is 2. The molecule has 1 fully saturated rings. The van der Waals surface area contributed by atoms with E-state index in [-0.39, 0.29) is 24.0 Å². The molecule has 1 aliphatic heterocycles. The topological polar surface area (TPSA) is 113 Å². The van der Waals surface area contributed by atoms with Gasteiger partial charge in [-0.25, -0.2) is 0 Å². The van der Waals surface area contributed by atoms with Crippen molar-refractivity contribution < 1.29 is 19.1 Å². The molecule has 2 aliphatic rings. The largest absolute Gasteiger partial charge is 0.486 e. The van der Waals surface area contributed by atoms with E-state index in [0.717, 1.165) is 30.0 Å². The van der Waals surface area contributed by atoms with Gasteiger partial charge >= 0.3 is 0 Å². The Hall–Kier alpha value is -2.75. The summed E-state index contributed by atoms with van der Waals surface area (Å²) < 4.78 is 13.1. The van der Waals surface area contributed by atoms with Gasteiger partial charge in [0.05, 0.1) is 5.75 Å². The number of hydrogen-bond donors (Lipinski definition) is 1. The van der Waals surface area contributed by atoms with E-state index in [9.17, 15) is 9.59 Å². The maximum atomic E-state index is 12.7. The molecule has 160 valence electrons. The van der Waals surface area contributed by atoms with E-state index in [1.165, 1.54) is 11.8 Å². The second-order valence-corrected chi connectivity index (χ2v) is 8.44. The summed E-state index contributed by atoms with van der Waals surface area (Å²) in [6.45, 7) is 1.99. The normalized spacial score (nSPS) is 15.1. The molecular weight excluding hydrogens is 406 g/mol. The van der Waals surface area contributed by atoms with Crippen LogP contribution in [0.2, 0.25) is 0 Å². The first kappa shape index (κ1) is 20.5. The van der Waals surface area contributed by atoms with Crippen LogP contribution in [0.4, 0.5) is 0 Å². The molecule has 2 aromatic rings. The van der Waals surface area contributed by atoms with E-state index in [1.807, 2.05) is 22.8 Å². The summed E-state index contributed by atoms with van der Waals surface area (Å²) in [5.41, 5.74) is 6.27. The third-order valence-electron chi connectivity index (χ3n) is 5.05. The fourth-order valence-electron chi connectivity index (χ4n) is 3.27. The van der Waals surface area contributed by atoms with Crippen LogP contribution < -0.4 is 15.2 Å². The van der Waals surface area contributed by atoms with Gasteiger partial charge in [0.2, 0.25) is 11.8 Å². The molecule has 2 N–H and O–H groups in total. The Bertz CT molecular complexity index is 943. The number of carbonyl (C=O) groups is 2. The van der Waals surface area contributed by atoms with Crippen LogP contribution in [-0.4, -0.2) is 57.5 Å². The Morgan fingerprint density at radius 2 is 2.00 bits per heavy atom. The smallest absolute Gasteiger partial charge is 0.233 e. The third kappa shape index (κ3) is 4.86. The summed E-state index contributed by atoms with van der Waals surface area (Å²) in [5, 5.41) is 9.17. The predicted octanol–water partition coefficient (Wildman–Crippen LogP) is 1.55. The molecule has 0 bridgehead atoms. The van der Waals surface area contributed by atoms with Crippen molar-refractivity contribution in [3.63, 3.8) is 0 Å². The number of nitrogens with zero attached hydrogens (tertiary/aromatic N) is 4. The number of benzene rings is 1. The SMILES string of the molecule is CN(Cc1ccc2c(c1)OCCO2)C(=O)CSc1nnc(C2CC2)n1CCC(N)=O. The lowest BCUT2D eigenvalue weighted by atomic mass is 10.2. The molecule has 9 nitrogen and oxygen atoms in total. The molecule has 0 unspecified atom stereocenters. The first-order valence-corrected chi connectivity index (χ1v) is 11.0. The lowest BCUT2D eigenvalue weighted by molar-refractivity contribution is -0.127. The van der Waals surface area contributed by atoms with Crippen LogP contribution in [0, 0.1) is 0 Å². The van der Waals surface area contributed by atoms with Crippen LogP contribution in [0.15, 0.2) is 23.4 Å². The monoisotopic (exact) mass is 431 g/mol. The Balaban J connectivity index is 1.35. The zero-order chi connectivity index (χ0) is 21.1. The fraction of sp³-hybridized carbons (Fsp3) is 0.500. The first-order chi connectivity index (χ1) is 14.5. The van der Waals surface area contributed by atoms with Crippen LogP contribution in [0.5, 0.6) is 11.5 Å². The molecule has 0 atom stereocenters. The summed E-state index contributed by atoms with van der Waals surface area (Å²) >= 11 is 1.34. The summed E-state index contributed by atoms with van der Waals surface area (Å²) in [5.74, 6) is 2.58. The number of aromatic nitrogens is 3. The van der Waals surface area contributed by atoms with Crippen molar-refractivity contribution in [2.24, 2.45) is 5.73 Å². The summed E-state index contributed by atoms with van der Waals surface area (Å²) in [6, 6.07) is 5.72. The second-order valence-electron chi connectivity index (χ2n) is 7.50. The van der Waals surface area contributed by atoms with E-state index in [1.54, 1.807) is 11.9 Å². The van der Waals surface area contributed by atoms with E-state index in [2.05, 4.69) is 10.2 Å². The van der Waals surface area contributed by atoms with Crippen molar-refractivity contribution in [1.82, 2.24) is 19.7 Å². The van der Waals surface area contributed by atoms with E-state index in [0.29, 0.717) is 43.1 Å². The molecule has 4 rings (SSSR count). The lowest BCUT2D eigenvalue weighted by Crippen LogP contribution is -2.28. The van der Waals surface area contributed by atoms with E-state index in [4.69, 9.17) is 15.2 Å². The highest BCUT2D eigenvalue weighted by atomic mass is 32.2. The molecule has 2 amide bonds. The Labute approximate surface area is 178 Å². The number of primary amides is 1. The van der Waals surface area contributed by atoms with Gasteiger partial charge < -0.3 is 24.7 Å². The van der Waals surface area contributed by atoms with Gasteiger partial charge in [0.15, 0.2) is 16.7 Å². The average molecular weight is 432 g/mol. The molecule has 1 saturated carbocycles. The lowest BCUT2D eigenvalue weighted by Gasteiger charge is -2.21. The molecular formula is C20H25N5O4S. The number of rotatable bonds is 9. The number of fused-ring (bicyclic) bond motifs is 1. The average Bonchev–Trinajstić information content (AvgIpc) is 3.50. The maximum absolute atomic E-state index is 12.7. The third-order valence-corrected chi connectivity index (χ3v) is 6.00. The number of nitrogens with two attached hydrogens (primary N) is 1. The van der Waals surface area contributed by atoms with Crippen molar-refractivity contribution in [3.8, 4) is 11.5 Å². The number of thioether (sulfide) groups is 1. The van der Waals surface area contributed by atoms with Gasteiger partial charge in [-0.3, -0.25) is 9.59 Å². The van der Waals surface area contributed by atoms with Crippen LogP contribution in [-0.2, 0) is 22.7 Å². The highest BCUT2D eigenvalue weighted by Crippen LogP contribution is 2.40. The molecule has 0 saturated heterocycles. The van der Waals surface area contributed by atoms with Crippen LogP contribution in [0.3, 0.4) is 0 Å². The number of carbonyl (C=O) groups excluding carboxylic acids is 2. The maximum Gasteiger partial charge on any atom is 0.233 e. The van der Waals surface area contributed by atoms with E-state index >= 15 is 0 Å². The Kier molecular flexibility index (Phi) is 6.12. The molecule has 1 aliphatic carbocycles. The van der Waals surface area contributed by atoms with Crippen molar-refractivity contribution in [1.29, 1.82) is 0 Å². The number of hydrogen-bond acceptors (Lipinski definition) is 7. The Morgan fingerprint density at radius 1 is 1.23 bits per heavy atom. The van der Waals surface area contributed by atoms with Crippen LogP contribution >= 0.6 is 11.8 Å². The van der Waals surface area contributed by atoms with Crippen molar-refractivity contribution in [2.45, 2.75) is 43.4 Å². The van der Waals surface area contributed by atoms with Gasteiger partial charge in [0.25, 0.3) is 0 Å². The standard InChI is InChI=1S/C20H25N5O4S/c1-24(11-13-2-5-15-16(10-13)29-9-8-28-15)18(27)12-30-20-23-22-19(14-3-4-14)25(20)7-6-17(21)26/h2,5,10,14H,3-4,6-9,11-12H2,1H3,(H2,21,26). The van der Waals surface area contributed by atoms with Crippen molar-refractivity contribution >= 4 is 23.6 Å². The van der Waals surface area contributed by atoms with Gasteiger partial charge in [-0.2, -0.15) is 0 Å². The molecule has 2 heterocycles. The molecule has 1 aromatic heterocycles. The zero-order valence-electron chi connectivity index (χ0n) is 16.9. The minimum atomic E-state index is -0.364. The van der Waals surface area contributed by atoms with E-state index < -0.39 is 0 Å². The highest BCUT2D eigenvalue weighted by molar-refractivity contribution is 7.99. The van der Waals surface area contributed by atoms with Gasteiger partial charge in [-0.1, -0.05) is 17.8 Å². The fourth-order valence-corrected chi connectivity index (χ4v) is 4.18. The quantitative estimate of drug-likeness (QED) is 0.600. The zero-order valence-corrected chi connectivity index (χ0v) is 17.7. The van der Waals surface area contributed by atoms with Crippen LogP contribution in [0.25, 0.3) is 0 Å². The molecule has 0 spiro atoms. The van der Waals surface area contributed by atoms with Gasteiger partial charge in [-0.15, -0.1) is 10.2 Å². The van der Waals surface area contributed by atoms with Crippen LogP contribution in [0.1, 0.15) is 36.6 Å². The molecule has 1 aromatic carbocycles. The summed E-state index contributed by atoms with van der Waals surface area (Å²) in [6.07, 6.45) is 2.39. The van der Waals surface area contributed by atoms with Gasteiger partial charge in [0.1, 0.15) is 19.0 Å². The van der Waals surface area contributed by atoms with Crippen molar-refractivity contribution in [2.75, 3.05) is 26.0 Å². The predicted molar refractivity (Wildman–Crippen MR) is 110 cm³/mol.